The van der Waals surface area contributed by atoms with Crippen molar-refractivity contribution < 1.29 is 4.74 Å². The second-order valence-corrected chi connectivity index (χ2v) is 3.53. The lowest BCUT2D eigenvalue weighted by Gasteiger charge is -2.13. The summed E-state index contributed by atoms with van der Waals surface area (Å²) in [4.78, 5) is 3.10. The fourth-order valence-corrected chi connectivity index (χ4v) is 1.50. The number of hydrogen-bond donors (Lipinski definition) is 1. The van der Waals surface area contributed by atoms with E-state index in [4.69, 9.17) is 10.00 Å². The van der Waals surface area contributed by atoms with Crippen LogP contribution in [0.15, 0.2) is 42.6 Å². The van der Waals surface area contributed by atoms with Gasteiger partial charge in [0.1, 0.15) is 11.9 Å². The number of H-pyrrole nitrogens is 1. The number of hydrogen-bond acceptors (Lipinski definition) is 2. The molecule has 2 rings (SSSR count). The van der Waals surface area contributed by atoms with Crippen molar-refractivity contribution in [2.75, 3.05) is 0 Å². The van der Waals surface area contributed by atoms with Crippen LogP contribution in [0.3, 0.4) is 0 Å². The van der Waals surface area contributed by atoms with Gasteiger partial charge in [-0.2, -0.15) is 5.26 Å². The molecular formula is C13H12N2O. The van der Waals surface area contributed by atoms with Crippen LogP contribution in [0.25, 0.3) is 0 Å². The number of benzene rings is 1. The van der Waals surface area contributed by atoms with Crippen LogP contribution in [-0.2, 0) is 0 Å². The summed E-state index contributed by atoms with van der Waals surface area (Å²) in [5.41, 5.74) is 1.62. The Morgan fingerprint density at radius 3 is 2.88 bits per heavy atom. The van der Waals surface area contributed by atoms with Gasteiger partial charge in [0.25, 0.3) is 0 Å². The molecule has 3 nitrogen and oxygen atoms in total. The highest BCUT2D eigenvalue weighted by Crippen LogP contribution is 2.21. The van der Waals surface area contributed by atoms with Gasteiger partial charge in [-0.15, -0.1) is 0 Å². The molecule has 16 heavy (non-hydrogen) atoms. The molecule has 1 unspecified atom stereocenters. The van der Waals surface area contributed by atoms with Crippen LogP contribution in [0.1, 0.15) is 24.3 Å². The number of nitrogens with zero attached hydrogens (tertiary/aromatic N) is 1. The van der Waals surface area contributed by atoms with Crippen LogP contribution in [-0.4, -0.2) is 4.98 Å². The van der Waals surface area contributed by atoms with E-state index in [0.29, 0.717) is 11.3 Å². The average Bonchev–Trinajstić information content (AvgIpc) is 2.83. The van der Waals surface area contributed by atoms with Gasteiger partial charge in [0, 0.05) is 6.20 Å². The predicted octanol–water partition coefficient (Wildman–Crippen LogP) is 3.03. The van der Waals surface area contributed by atoms with Gasteiger partial charge in [0.05, 0.1) is 17.3 Å². The topological polar surface area (TPSA) is 48.8 Å². The first-order valence-corrected chi connectivity index (χ1v) is 5.09. The fraction of sp³-hybridized carbons (Fsp3) is 0.154. The Morgan fingerprint density at radius 1 is 1.31 bits per heavy atom. The maximum Gasteiger partial charge on any atom is 0.136 e. The standard InChI is InChI=1S/C13H12N2O/c1-10(13-6-3-7-15-13)16-12-5-2-4-11(8-12)9-14/h2-8,10,15H,1H3. The Bertz CT molecular complexity index is 497. The van der Waals surface area contributed by atoms with Crippen molar-refractivity contribution in [1.82, 2.24) is 4.98 Å². The van der Waals surface area contributed by atoms with Gasteiger partial charge in [-0.1, -0.05) is 6.07 Å². The van der Waals surface area contributed by atoms with E-state index < -0.39 is 0 Å². The molecule has 0 amide bonds. The summed E-state index contributed by atoms with van der Waals surface area (Å²) < 4.78 is 5.72. The van der Waals surface area contributed by atoms with Crippen molar-refractivity contribution in [3.63, 3.8) is 0 Å². The molecule has 0 spiro atoms. The van der Waals surface area contributed by atoms with Gasteiger partial charge < -0.3 is 9.72 Å². The van der Waals surface area contributed by atoms with Crippen LogP contribution in [0.4, 0.5) is 0 Å². The number of rotatable bonds is 3. The van der Waals surface area contributed by atoms with E-state index in [-0.39, 0.29) is 6.10 Å². The lowest BCUT2D eigenvalue weighted by molar-refractivity contribution is 0.222. The highest BCUT2D eigenvalue weighted by atomic mass is 16.5. The molecule has 0 saturated carbocycles. The molecule has 80 valence electrons. The third kappa shape index (κ3) is 2.23. The zero-order valence-electron chi connectivity index (χ0n) is 8.97. The van der Waals surface area contributed by atoms with Gasteiger partial charge in [-0.25, -0.2) is 0 Å². The van der Waals surface area contributed by atoms with Crippen molar-refractivity contribution in [3.8, 4) is 11.8 Å². The monoisotopic (exact) mass is 212 g/mol. The van der Waals surface area contributed by atoms with Crippen molar-refractivity contribution in [3.05, 3.63) is 53.9 Å². The first-order chi connectivity index (χ1) is 7.79. The molecule has 3 heteroatoms. The molecule has 0 aliphatic rings. The lowest BCUT2D eigenvalue weighted by atomic mass is 10.2. The highest BCUT2D eigenvalue weighted by molar-refractivity contribution is 5.36. The number of aromatic nitrogens is 1. The Labute approximate surface area is 94.3 Å². The Balaban J connectivity index is 2.12. The molecular weight excluding hydrogens is 200 g/mol. The largest absolute Gasteiger partial charge is 0.484 e. The molecule has 0 bridgehead atoms. The molecule has 0 aliphatic carbocycles. The smallest absolute Gasteiger partial charge is 0.136 e. The van der Waals surface area contributed by atoms with Gasteiger partial charge in [-0.05, 0) is 37.3 Å². The SMILES string of the molecule is CC(Oc1cccc(C#N)c1)c1ccc[nH]1. The zero-order chi connectivity index (χ0) is 11.4. The minimum atomic E-state index is -0.0519. The number of nitrogens with one attached hydrogen (secondary N) is 1. The third-order valence-electron chi connectivity index (χ3n) is 2.34. The second-order valence-electron chi connectivity index (χ2n) is 3.53. The van der Waals surface area contributed by atoms with Gasteiger partial charge in [-0.3, -0.25) is 0 Å². The van der Waals surface area contributed by atoms with Crippen LogP contribution >= 0.6 is 0 Å². The molecule has 0 saturated heterocycles. The first-order valence-electron chi connectivity index (χ1n) is 5.09. The van der Waals surface area contributed by atoms with Crippen LogP contribution in [0, 0.1) is 11.3 Å². The third-order valence-corrected chi connectivity index (χ3v) is 2.34. The number of ether oxygens (including phenoxy) is 1. The molecule has 0 radical (unpaired) electrons. The highest BCUT2D eigenvalue weighted by Gasteiger charge is 2.07. The van der Waals surface area contributed by atoms with Crippen molar-refractivity contribution in [2.24, 2.45) is 0 Å². The summed E-state index contributed by atoms with van der Waals surface area (Å²) in [6, 6.07) is 13.1. The van der Waals surface area contributed by atoms with E-state index in [9.17, 15) is 0 Å². The minimum Gasteiger partial charge on any atom is -0.484 e. The summed E-state index contributed by atoms with van der Waals surface area (Å²) in [7, 11) is 0. The summed E-state index contributed by atoms with van der Waals surface area (Å²) in [6.07, 6.45) is 1.81. The predicted molar refractivity (Wildman–Crippen MR) is 61.0 cm³/mol. The zero-order valence-corrected chi connectivity index (χ0v) is 8.97. The van der Waals surface area contributed by atoms with E-state index in [1.165, 1.54) is 0 Å². The van der Waals surface area contributed by atoms with Crippen LogP contribution < -0.4 is 4.74 Å². The molecule has 1 atom stereocenters. The quantitative estimate of drug-likeness (QED) is 0.850. The summed E-state index contributed by atoms with van der Waals surface area (Å²) >= 11 is 0. The summed E-state index contributed by atoms with van der Waals surface area (Å²) in [5.74, 6) is 0.709. The van der Waals surface area contributed by atoms with Crippen LogP contribution in [0.2, 0.25) is 0 Å². The molecule has 1 aromatic heterocycles. The van der Waals surface area contributed by atoms with E-state index in [0.717, 1.165) is 5.69 Å². The maximum atomic E-state index is 8.77. The summed E-state index contributed by atoms with van der Waals surface area (Å²) in [6.45, 7) is 1.96. The number of aromatic amines is 1. The van der Waals surface area contributed by atoms with Gasteiger partial charge >= 0.3 is 0 Å². The maximum absolute atomic E-state index is 8.77. The Hall–Kier alpha value is -2.21. The first kappa shape index (κ1) is 10.3. The van der Waals surface area contributed by atoms with E-state index in [2.05, 4.69) is 11.1 Å². The van der Waals surface area contributed by atoms with Crippen molar-refractivity contribution in [1.29, 1.82) is 5.26 Å². The molecule has 1 aromatic carbocycles. The Kier molecular flexibility index (Phi) is 2.93. The number of nitriles is 1. The van der Waals surface area contributed by atoms with E-state index >= 15 is 0 Å². The van der Waals surface area contributed by atoms with Crippen molar-refractivity contribution in [2.45, 2.75) is 13.0 Å². The average molecular weight is 212 g/mol. The van der Waals surface area contributed by atoms with Crippen molar-refractivity contribution >= 4 is 0 Å². The lowest BCUT2D eigenvalue weighted by Crippen LogP contribution is -2.03. The van der Waals surface area contributed by atoms with Crippen LogP contribution in [0.5, 0.6) is 5.75 Å². The Morgan fingerprint density at radius 2 is 2.19 bits per heavy atom. The van der Waals surface area contributed by atoms with Gasteiger partial charge in [0.2, 0.25) is 0 Å². The molecule has 0 fully saturated rings. The normalized spacial score (nSPS) is 11.8. The van der Waals surface area contributed by atoms with Gasteiger partial charge in [0.15, 0.2) is 0 Å². The van der Waals surface area contributed by atoms with E-state index in [1.54, 1.807) is 12.1 Å². The fourth-order valence-electron chi connectivity index (χ4n) is 1.50. The molecule has 1 heterocycles. The molecule has 1 N–H and O–H groups in total. The molecule has 0 aliphatic heterocycles. The van der Waals surface area contributed by atoms with E-state index in [1.807, 2.05) is 37.4 Å². The second kappa shape index (κ2) is 4.54. The summed E-state index contributed by atoms with van der Waals surface area (Å²) in [5, 5.41) is 8.77. The minimum absolute atomic E-state index is 0.0519. The molecule has 2 aromatic rings.